The van der Waals surface area contributed by atoms with E-state index in [0.717, 1.165) is 11.1 Å². The molecular weight excluding hydrogens is 255 g/mol. The fourth-order valence-electron chi connectivity index (χ4n) is 1.61. The van der Waals surface area contributed by atoms with Crippen LogP contribution < -0.4 is 0 Å². The smallest absolute Gasteiger partial charge is 0.177 e. The van der Waals surface area contributed by atoms with Crippen molar-refractivity contribution in [2.24, 2.45) is 0 Å². The van der Waals surface area contributed by atoms with Crippen LogP contribution in [0.2, 0.25) is 5.02 Å². The van der Waals surface area contributed by atoms with Gasteiger partial charge < -0.3 is 0 Å². The van der Waals surface area contributed by atoms with Gasteiger partial charge in [-0.2, -0.15) is 0 Å². The van der Waals surface area contributed by atoms with Crippen molar-refractivity contribution in [1.82, 2.24) is 0 Å². The predicted octanol–water partition coefficient (Wildman–Crippen LogP) is 4.43. The van der Waals surface area contributed by atoms with Crippen LogP contribution in [-0.4, -0.2) is 11.7 Å². The zero-order chi connectivity index (χ0) is 12.3. The second kappa shape index (κ2) is 5.35. The molecule has 0 aliphatic rings. The Morgan fingerprint density at radius 1 is 1.00 bits per heavy atom. The molecule has 0 amide bonds. The molecule has 86 valence electrons. The van der Waals surface area contributed by atoms with E-state index in [4.69, 9.17) is 23.2 Å². The Hall–Kier alpha value is -1.31. The minimum absolute atomic E-state index is 0.00540. The molecule has 1 nitrogen and oxygen atoms in total. The summed E-state index contributed by atoms with van der Waals surface area (Å²) in [7, 11) is 0. The highest BCUT2D eigenvalue weighted by molar-refractivity contribution is 6.33. The van der Waals surface area contributed by atoms with Gasteiger partial charge in [-0.05, 0) is 11.6 Å². The quantitative estimate of drug-likeness (QED) is 0.592. The molecule has 0 bridgehead atoms. The lowest BCUT2D eigenvalue weighted by atomic mass is 10.0. The second-order valence-corrected chi connectivity index (χ2v) is 4.29. The van der Waals surface area contributed by atoms with Crippen LogP contribution >= 0.6 is 23.2 Å². The molecule has 0 aliphatic carbocycles. The molecule has 17 heavy (non-hydrogen) atoms. The van der Waals surface area contributed by atoms with E-state index in [1.165, 1.54) is 0 Å². The Labute approximate surface area is 110 Å². The standard InChI is InChI=1S/C14H10Cl2O/c15-9-14(17)11-7-5-10(6-8-11)12-3-1-2-4-13(12)16/h1-8H,9H2. The first kappa shape index (κ1) is 12.2. The van der Waals surface area contributed by atoms with Crippen LogP contribution in [-0.2, 0) is 0 Å². The third kappa shape index (κ3) is 2.68. The van der Waals surface area contributed by atoms with Crippen molar-refractivity contribution in [3.8, 4) is 11.1 Å². The van der Waals surface area contributed by atoms with Gasteiger partial charge in [0.15, 0.2) is 5.78 Å². The maximum atomic E-state index is 11.4. The largest absolute Gasteiger partial charge is 0.293 e. The number of alkyl halides is 1. The summed E-state index contributed by atoms with van der Waals surface area (Å²) < 4.78 is 0. The fraction of sp³-hybridized carbons (Fsp3) is 0.0714. The van der Waals surface area contributed by atoms with Crippen molar-refractivity contribution < 1.29 is 4.79 Å². The highest BCUT2D eigenvalue weighted by atomic mass is 35.5. The summed E-state index contributed by atoms with van der Waals surface area (Å²) in [4.78, 5) is 11.4. The monoisotopic (exact) mass is 264 g/mol. The fourth-order valence-corrected chi connectivity index (χ4v) is 2.01. The summed E-state index contributed by atoms with van der Waals surface area (Å²) in [6.07, 6.45) is 0. The summed E-state index contributed by atoms with van der Waals surface area (Å²) in [5, 5.41) is 0.698. The lowest BCUT2D eigenvalue weighted by Crippen LogP contribution is -1.99. The normalized spacial score (nSPS) is 10.2. The Morgan fingerprint density at radius 2 is 1.65 bits per heavy atom. The number of rotatable bonds is 3. The van der Waals surface area contributed by atoms with Crippen molar-refractivity contribution in [1.29, 1.82) is 0 Å². The van der Waals surface area contributed by atoms with E-state index in [1.54, 1.807) is 12.1 Å². The number of ketones is 1. The van der Waals surface area contributed by atoms with Crippen LogP contribution in [0.1, 0.15) is 10.4 Å². The van der Waals surface area contributed by atoms with Gasteiger partial charge in [-0.1, -0.05) is 54.1 Å². The molecule has 0 saturated carbocycles. The van der Waals surface area contributed by atoms with E-state index in [2.05, 4.69) is 0 Å². The molecule has 2 aromatic rings. The van der Waals surface area contributed by atoms with E-state index in [-0.39, 0.29) is 11.7 Å². The van der Waals surface area contributed by atoms with E-state index in [0.29, 0.717) is 10.6 Å². The second-order valence-electron chi connectivity index (χ2n) is 3.61. The number of carbonyl (C=O) groups is 1. The van der Waals surface area contributed by atoms with E-state index < -0.39 is 0 Å². The summed E-state index contributed by atoms with van der Waals surface area (Å²) >= 11 is 11.6. The lowest BCUT2D eigenvalue weighted by Gasteiger charge is -2.05. The minimum Gasteiger partial charge on any atom is -0.293 e. The summed E-state index contributed by atoms with van der Waals surface area (Å²) in [5.41, 5.74) is 2.57. The van der Waals surface area contributed by atoms with E-state index in [1.807, 2.05) is 36.4 Å². The number of carbonyl (C=O) groups excluding carboxylic acids is 1. The van der Waals surface area contributed by atoms with Crippen molar-refractivity contribution in [2.75, 3.05) is 5.88 Å². The van der Waals surface area contributed by atoms with Gasteiger partial charge in [0.05, 0.1) is 5.88 Å². The minimum atomic E-state index is -0.0719. The van der Waals surface area contributed by atoms with Crippen LogP contribution in [0.3, 0.4) is 0 Å². The average molecular weight is 265 g/mol. The van der Waals surface area contributed by atoms with Gasteiger partial charge in [0.2, 0.25) is 0 Å². The van der Waals surface area contributed by atoms with Crippen molar-refractivity contribution in [3.63, 3.8) is 0 Å². The first-order chi connectivity index (χ1) is 8.22. The molecule has 0 aliphatic heterocycles. The van der Waals surface area contributed by atoms with Gasteiger partial charge in [0, 0.05) is 16.1 Å². The van der Waals surface area contributed by atoms with Gasteiger partial charge in [-0.3, -0.25) is 4.79 Å². The zero-order valence-electron chi connectivity index (χ0n) is 8.99. The van der Waals surface area contributed by atoms with Gasteiger partial charge in [0.25, 0.3) is 0 Å². The topological polar surface area (TPSA) is 17.1 Å². The Morgan fingerprint density at radius 3 is 2.24 bits per heavy atom. The van der Waals surface area contributed by atoms with Crippen molar-refractivity contribution in [2.45, 2.75) is 0 Å². The lowest BCUT2D eigenvalue weighted by molar-refractivity contribution is 0.102. The molecule has 0 unspecified atom stereocenters. The zero-order valence-corrected chi connectivity index (χ0v) is 10.5. The average Bonchev–Trinajstić information content (AvgIpc) is 2.39. The van der Waals surface area contributed by atoms with Crippen LogP contribution in [0.15, 0.2) is 48.5 Å². The van der Waals surface area contributed by atoms with Gasteiger partial charge >= 0.3 is 0 Å². The van der Waals surface area contributed by atoms with Crippen LogP contribution in [0.5, 0.6) is 0 Å². The van der Waals surface area contributed by atoms with E-state index in [9.17, 15) is 4.79 Å². The Kier molecular flexibility index (Phi) is 3.82. The van der Waals surface area contributed by atoms with Crippen LogP contribution in [0.25, 0.3) is 11.1 Å². The molecule has 0 aromatic heterocycles. The number of benzene rings is 2. The summed E-state index contributed by atoms with van der Waals surface area (Å²) in [5.74, 6) is -0.0665. The number of hydrogen-bond donors (Lipinski definition) is 0. The Balaban J connectivity index is 2.36. The number of halogens is 2. The number of hydrogen-bond acceptors (Lipinski definition) is 1. The first-order valence-electron chi connectivity index (χ1n) is 5.16. The van der Waals surface area contributed by atoms with Gasteiger partial charge in [-0.25, -0.2) is 0 Å². The molecule has 0 radical (unpaired) electrons. The van der Waals surface area contributed by atoms with E-state index >= 15 is 0 Å². The predicted molar refractivity (Wildman–Crippen MR) is 71.9 cm³/mol. The molecule has 0 fully saturated rings. The van der Waals surface area contributed by atoms with Crippen molar-refractivity contribution >= 4 is 29.0 Å². The third-order valence-corrected chi connectivity index (χ3v) is 3.09. The number of Topliss-reactive ketones (excluding diaryl/α,β-unsaturated/α-hetero) is 1. The molecule has 3 heteroatoms. The molecule has 0 saturated heterocycles. The highest BCUT2D eigenvalue weighted by Gasteiger charge is 2.06. The van der Waals surface area contributed by atoms with Gasteiger partial charge in [0.1, 0.15) is 0 Å². The maximum absolute atomic E-state index is 11.4. The highest BCUT2D eigenvalue weighted by Crippen LogP contribution is 2.27. The molecule has 0 spiro atoms. The van der Waals surface area contributed by atoms with Crippen molar-refractivity contribution in [3.05, 3.63) is 59.1 Å². The van der Waals surface area contributed by atoms with Crippen LogP contribution in [0, 0.1) is 0 Å². The Bertz CT molecular complexity index is 532. The summed E-state index contributed by atoms with van der Waals surface area (Å²) in [6, 6.07) is 14.9. The van der Waals surface area contributed by atoms with Gasteiger partial charge in [-0.15, -0.1) is 11.6 Å². The molecule has 2 rings (SSSR count). The SMILES string of the molecule is O=C(CCl)c1ccc(-c2ccccc2Cl)cc1. The molecular formula is C14H10Cl2O. The maximum Gasteiger partial charge on any atom is 0.177 e. The molecule has 0 N–H and O–H groups in total. The molecule has 0 heterocycles. The molecule has 2 aromatic carbocycles. The van der Waals surface area contributed by atoms with Crippen LogP contribution in [0.4, 0.5) is 0 Å². The third-order valence-electron chi connectivity index (χ3n) is 2.51. The molecule has 0 atom stereocenters. The summed E-state index contributed by atoms with van der Waals surface area (Å²) in [6.45, 7) is 0. The first-order valence-corrected chi connectivity index (χ1v) is 6.08.